The quantitative estimate of drug-likeness (QED) is 0.501. The van der Waals surface area contributed by atoms with Crippen molar-refractivity contribution in [3.8, 4) is 5.75 Å². The second-order valence-corrected chi connectivity index (χ2v) is 8.65. The smallest absolute Gasteiger partial charge is 0.260 e. The molecule has 0 fully saturated rings. The van der Waals surface area contributed by atoms with Gasteiger partial charge in [-0.1, -0.05) is 54.1 Å². The minimum atomic E-state index is -0.224. The third-order valence-electron chi connectivity index (χ3n) is 6.46. The molecule has 34 heavy (non-hydrogen) atoms. The zero-order chi connectivity index (χ0) is 24.1. The molecule has 5 nitrogen and oxygen atoms in total. The summed E-state index contributed by atoms with van der Waals surface area (Å²) in [6, 6.07) is 23.5. The first-order valence-corrected chi connectivity index (χ1v) is 12.0. The third-order valence-corrected chi connectivity index (χ3v) is 6.46. The molecule has 1 aliphatic heterocycles. The molecule has 0 bridgehead atoms. The van der Waals surface area contributed by atoms with Gasteiger partial charge in [0, 0.05) is 25.2 Å². The fourth-order valence-corrected chi connectivity index (χ4v) is 4.66. The Bertz CT molecular complexity index is 1160. The van der Waals surface area contributed by atoms with Crippen LogP contribution < -0.4 is 4.74 Å². The molecular formula is C29H32N2O3. The van der Waals surface area contributed by atoms with Crippen molar-refractivity contribution < 1.29 is 14.3 Å². The highest BCUT2D eigenvalue weighted by Crippen LogP contribution is 2.38. The number of likely N-dealkylation sites (N-methyl/N-ethyl adjacent to an activating group) is 1. The maximum atomic E-state index is 13.6. The van der Waals surface area contributed by atoms with E-state index >= 15 is 0 Å². The molecular weight excluding hydrogens is 424 g/mol. The number of aryl methyl sites for hydroxylation is 1. The largest absolute Gasteiger partial charge is 0.484 e. The van der Waals surface area contributed by atoms with Gasteiger partial charge in [-0.25, -0.2) is 0 Å². The number of benzene rings is 3. The number of nitrogens with zero attached hydrogens (tertiary/aromatic N) is 2. The number of rotatable bonds is 7. The normalized spacial score (nSPS) is 14.9. The van der Waals surface area contributed by atoms with Crippen molar-refractivity contribution in [2.24, 2.45) is 0 Å². The number of hydrogen-bond donors (Lipinski definition) is 0. The van der Waals surface area contributed by atoms with Gasteiger partial charge in [-0.15, -0.1) is 0 Å². The van der Waals surface area contributed by atoms with E-state index in [-0.39, 0.29) is 24.5 Å². The minimum Gasteiger partial charge on any atom is -0.484 e. The summed E-state index contributed by atoms with van der Waals surface area (Å²) in [5.74, 6) is 0.630. The van der Waals surface area contributed by atoms with E-state index in [1.54, 1.807) is 4.90 Å². The second-order valence-electron chi connectivity index (χ2n) is 8.65. The van der Waals surface area contributed by atoms with E-state index in [1.807, 2.05) is 67.3 Å². The van der Waals surface area contributed by atoms with Gasteiger partial charge < -0.3 is 14.5 Å². The summed E-state index contributed by atoms with van der Waals surface area (Å²) in [6.07, 6.45) is 0.773. The molecule has 0 unspecified atom stereocenters. The van der Waals surface area contributed by atoms with Crippen molar-refractivity contribution >= 4 is 11.8 Å². The van der Waals surface area contributed by atoms with Gasteiger partial charge in [0.2, 0.25) is 0 Å². The van der Waals surface area contributed by atoms with E-state index in [1.165, 1.54) is 5.56 Å². The molecule has 0 aliphatic carbocycles. The van der Waals surface area contributed by atoms with Gasteiger partial charge in [0.25, 0.3) is 11.8 Å². The van der Waals surface area contributed by atoms with Crippen molar-refractivity contribution in [3.05, 3.63) is 101 Å². The topological polar surface area (TPSA) is 49.9 Å². The van der Waals surface area contributed by atoms with Crippen molar-refractivity contribution in [2.75, 3.05) is 26.2 Å². The van der Waals surface area contributed by atoms with Crippen LogP contribution in [0.1, 0.15) is 52.5 Å². The van der Waals surface area contributed by atoms with Crippen molar-refractivity contribution in [1.82, 2.24) is 9.80 Å². The number of ether oxygens (including phenoxy) is 1. The number of amides is 2. The molecule has 1 atom stereocenters. The fraction of sp³-hybridized carbons (Fsp3) is 0.310. The van der Waals surface area contributed by atoms with Crippen molar-refractivity contribution in [3.63, 3.8) is 0 Å². The molecule has 0 spiro atoms. The van der Waals surface area contributed by atoms with Gasteiger partial charge in [0.1, 0.15) is 5.75 Å². The Balaban J connectivity index is 1.69. The van der Waals surface area contributed by atoms with Crippen LogP contribution in [0.15, 0.2) is 72.8 Å². The van der Waals surface area contributed by atoms with Crippen LogP contribution in [-0.2, 0) is 11.2 Å². The van der Waals surface area contributed by atoms with E-state index in [0.29, 0.717) is 30.9 Å². The number of carbonyl (C=O) groups excluding carboxylic acids is 2. The summed E-state index contributed by atoms with van der Waals surface area (Å²) in [6.45, 7) is 7.96. The fourth-order valence-electron chi connectivity index (χ4n) is 4.66. The van der Waals surface area contributed by atoms with E-state index in [9.17, 15) is 9.59 Å². The van der Waals surface area contributed by atoms with Crippen LogP contribution in [0.2, 0.25) is 0 Å². The molecule has 3 aromatic carbocycles. The molecule has 4 rings (SSSR count). The third kappa shape index (κ3) is 4.98. The Labute approximate surface area is 202 Å². The van der Waals surface area contributed by atoms with Gasteiger partial charge in [-0.2, -0.15) is 0 Å². The SMILES string of the molecule is CCN(CC)C(=O)COc1ccc2c(c1)[C@@H](c1cccc(C)c1)N(C(=O)c1ccccc1)CC2. The van der Waals surface area contributed by atoms with Crippen LogP contribution >= 0.6 is 0 Å². The minimum absolute atomic E-state index is 0.00222. The summed E-state index contributed by atoms with van der Waals surface area (Å²) >= 11 is 0. The van der Waals surface area contributed by atoms with Crippen LogP contribution in [0.3, 0.4) is 0 Å². The standard InChI is InChI=1S/C29H32N2O3/c1-4-30(5-2)27(32)20-34-25-15-14-22-16-17-31(29(33)23-11-7-6-8-12-23)28(26(22)19-25)24-13-9-10-21(3)18-24/h6-15,18-19,28H,4-5,16-17,20H2,1-3H3/t28-/m1/s1. The lowest BCUT2D eigenvalue weighted by Crippen LogP contribution is -2.40. The highest BCUT2D eigenvalue weighted by molar-refractivity contribution is 5.95. The molecule has 1 aliphatic rings. The van der Waals surface area contributed by atoms with E-state index in [4.69, 9.17) is 4.74 Å². The Morgan fingerprint density at radius 1 is 0.971 bits per heavy atom. The molecule has 1 heterocycles. The Morgan fingerprint density at radius 2 is 1.74 bits per heavy atom. The summed E-state index contributed by atoms with van der Waals surface area (Å²) in [5, 5.41) is 0. The number of carbonyl (C=O) groups is 2. The van der Waals surface area contributed by atoms with Crippen LogP contribution in [0, 0.1) is 6.92 Å². The molecule has 0 saturated heterocycles. The van der Waals surface area contributed by atoms with E-state index in [2.05, 4.69) is 31.2 Å². The van der Waals surface area contributed by atoms with E-state index in [0.717, 1.165) is 23.1 Å². The van der Waals surface area contributed by atoms with E-state index < -0.39 is 0 Å². The molecule has 0 radical (unpaired) electrons. The van der Waals surface area contributed by atoms with Crippen LogP contribution in [0.4, 0.5) is 0 Å². The highest BCUT2D eigenvalue weighted by Gasteiger charge is 2.33. The molecule has 0 saturated carbocycles. The Kier molecular flexibility index (Phi) is 7.31. The number of hydrogen-bond acceptors (Lipinski definition) is 3. The molecule has 5 heteroatoms. The average molecular weight is 457 g/mol. The van der Waals surface area contributed by atoms with Gasteiger partial charge in [0.05, 0.1) is 6.04 Å². The van der Waals surface area contributed by atoms with Gasteiger partial charge in [0.15, 0.2) is 6.61 Å². The van der Waals surface area contributed by atoms with Gasteiger partial charge >= 0.3 is 0 Å². The highest BCUT2D eigenvalue weighted by atomic mass is 16.5. The zero-order valence-corrected chi connectivity index (χ0v) is 20.2. The Morgan fingerprint density at radius 3 is 2.44 bits per heavy atom. The first-order valence-electron chi connectivity index (χ1n) is 12.0. The predicted octanol–water partition coefficient (Wildman–Crippen LogP) is 5.03. The molecule has 2 amide bonds. The first-order chi connectivity index (χ1) is 16.5. The summed E-state index contributed by atoms with van der Waals surface area (Å²) in [5.41, 5.74) is 5.15. The maximum Gasteiger partial charge on any atom is 0.260 e. The first kappa shape index (κ1) is 23.6. The lowest BCUT2D eigenvalue weighted by molar-refractivity contribution is -0.132. The van der Waals surface area contributed by atoms with Crippen LogP contribution in [-0.4, -0.2) is 47.9 Å². The number of fused-ring (bicyclic) bond motifs is 1. The monoisotopic (exact) mass is 456 g/mol. The molecule has 0 aromatic heterocycles. The Hall–Kier alpha value is -3.60. The average Bonchev–Trinajstić information content (AvgIpc) is 2.87. The van der Waals surface area contributed by atoms with Crippen molar-refractivity contribution in [2.45, 2.75) is 33.2 Å². The molecule has 3 aromatic rings. The molecule has 176 valence electrons. The van der Waals surface area contributed by atoms with Crippen LogP contribution in [0.25, 0.3) is 0 Å². The maximum absolute atomic E-state index is 13.6. The summed E-state index contributed by atoms with van der Waals surface area (Å²) < 4.78 is 5.91. The summed E-state index contributed by atoms with van der Waals surface area (Å²) in [4.78, 5) is 29.7. The van der Waals surface area contributed by atoms with Crippen molar-refractivity contribution in [1.29, 1.82) is 0 Å². The zero-order valence-electron chi connectivity index (χ0n) is 20.2. The van der Waals surface area contributed by atoms with Crippen LogP contribution in [0.5, 0.6) is 5.75 Å². The van der Waals surface area contributed by atoms with Gasteiger partial charge in [-0.05, 0) is 68.1 Å². The lowest BCUT2D eigenvalue weighted by Gasteiger charge is -2.38. The van der Waals surface area contributed by atoms with Gasteiger partial charge in [-0.3, -0.25) is 9.59 Å². The summed E-state index contributed by atoms with van der Waals surface area (Å²) in [7, 11) is 0. The molecule has 0 N–H and O–H groups in total. The second kappa shape index (κ2) is 10.6. The lowest BCUT2D eigenvalue weighted by atomic mass is 9.87. The predicted molar refractivity (Wildman–Crippen MR) is 134 cm³/mol.